The first kappa shape index (κ1) is 13.5. The van der Waals surface area contributed by atoms with E-state index >= 15 is 0 Å². The van der Waals surface area contributed by atoms with Gasteiger partial charge in [0.1, 0.15) is 22.8 Å². The number of aliphatic hydroxyl groups excluding tert-OH is 1. The van der Waals surface area contributed by atoms with Crippen LogP contribution in [0.25, 0.3) is 22.3 Å². The Labute approximate surface area is 119 Å². The van der Waals surface area contributed by atoms with Gasteiger partial charge < -0.3 is 5.11 Å². The molecule has 0 unspecified atom stereocenters. The molecule has 4 nitrogen and oxygen atoms in total. The number of fused-ring (bicyclic) bond motifs is 1. The topological polar surface area (TPSA) is 58.9 Å². The van der Waals surface area contributed by atoms with Crippen LogP contribution >= 0.6 is 0 Å². The van der Waals surface area contributed by atoms with Crippen LogP contribution < -0.4 is 0 Å². The number of aryl methyl sites for hydroxylation is 1. The van der Waals surface area contributed by atoms with Crippen molar-refractivity contribution in [2.24, 2.45) is 0 Å². The van der Waals surface area contributed by atoms with Crippen molar-refractivity contribution in [3.05, 3.63) is 53.5 Å². The summed E-state index contributed by atoms with van der Waals surface area (Å²) in [4.78, 5) is 12.7. The second-order valence-electron chi connectivity index (χ2n) is 4.57. The Balaban J connectivity index is 2.32. The minimum atomic E-state index is -0.720. The van der Waals surface area contributed by atoms with Crippen LogP contribution in [-0.2, 0) is 6.61 Å². The molecule has 0 bridgehead atoms. The van der Waals surface area contributed by atoms with E-state index in [0.29, 0.717) is 22.4 Å². The molecule has 0 saturated carbocycles. The van der Waals surface area contributed by atoms with E-state index in [2.05, 4.69) is 15.0 Å². The van der Waals surface area contributed by atoms with Gasteiger partial charge in [-0.05, 0) is 25.1 Å². The molecule has 0 aliphatic carbocycles. The van der Waals surface area contributed by atoms with Gasteiger partial charge in [-0.15, -0.1) is 0 Å². The van der Waals surface area contributed by atoms with Gasteiger partial charge >= 0.3 is 0 Å². The molecule has 0 radical (unpaired) electrons. The summed E-state index contributed by atoms with van der Waals surface area (Å²) in [6.45, 7) is 1.46. The molecule has 106 valence electrons. The van der Waals surface area contributed by atoms with Crippen LogP contribution in [0.5, 0.6) is 0 Å². The number of hydrogen-bond acceptors (Lipinski definition) is 4. The summed E-state index contributed by atoms with van der Waals surface area (Å²) >= 11 is 0. The van der Waals surface area contributed by atoms with Gasteiger partial charge in [0.15, 0.2) is 0 Å². The van der Waals surface area contributed by atoms with Gasteiger partial charge in [0.25, 0.3) is 0 Å². The van der Waals surface area contributed by atoms with Gasteiger partial charge in [0.2, 0.25) is 0 Å². The van der Waals surface area contributed by atoms with E-state index in [-0.39, 0.29) is 17.9 Å². The van der Waals surface area contributed by atoms with E-state index in [1.807, 2.05) is 0 Å². The number of nitrogens with zero attached hydrogens (tertiary/aromatic N) is 3. The third-order valence-corrected chi connectivity index (χ3v) is 3.19. The molecule has 3 aromatic rings. The Hall–Kier alpha value is -2.47. The first-order chi connectivity index (χ1) is 10.1. The Kier molecular flexibility index (Phi) is 3.31. The summed E-state index contributed by atoms with van der Waals surface area (Å²) in [5.74, 6) is -1.38. The SMILES string of the molecule is Cc1nc2ccnc(-c3ccc(F)cc3F)c2nc1CO. The average molecular weight is 287 g/mol. The molecule has 0 aliphatic rings. The molecule has 1 aromatic carbocycles. The van der Waals surface area contributed by atoms with E-state index in [4.69, 9.17) is 0 Å². The van der Waals surface area contributed by atoms with Gasteiger partial charge in [-0.1, -0.05) is 0 Å². The number of rotatable bonds is 2. The van der Waals surface area contributed by atoms with E-state index in [0.717, 1.165) is 12.1 Å². The summed E-state index contributed by atoms with van der Waals surface area (Å²) in [6.07, 6.45) is 1.49. The molecule has 2 aromatic heterocycles. The zero-order chi connectivity index (χ0) is 15.0. The summed E-state index contributed by atoms with van der Waals surface area (Å²) in [6, 6.07) is 4.92. The molecule has 0 saturated heterocycles. The van der Waals surface area contributed by atoms with E-state index in [1.54, 1.807) is 13.0 Å². The summed E-state index contributed by atoms with van der Waals surface area (Å²) < 4.78 is 27.0. The van der Waals surface area contributed by atoms with Gasteiger partial charge in [-0.3, -0.25) is 4.98 Å². The largest absolute Gasteiger partial charge is 0.390 e. The van der Waals surface area contributed by atoms with Gasteiger partial charge in [0, 0.05) is 17.8 Å². The van der Waals surface area contributed by atoms with Crippen molar-refractivity contribution >= 4 is 11.0 Å². The molecular formula is C15H11F2N3O. The highest BCUT2D eigenvalue weighted by Gasteiger charge is 2.14. The summed E-state index contributed by atoms with van der Waals surface area (Å²) in [7, 11) is 0. The maximum Gasteiger partial charge on any atom is 0.135 e. The first-order valence-electron chi connectivity index (χ1n) is 6.28. The third-order valence-electron chi connectivity index (χ3n) is 3.19. The summed E-state index contributed by atoms with van der Waals surface area (Å²) in [5.41, 5.74) is 2.33. The first-order valence-corrected chi connectivity index (χ1v) is 6.28. The summed E-state index contributed by atoms with van der Waals surface area (Å²) in [5, 5.41) is 9.28. The smallest absolute Gasteiger partial charge is 0.135 e. The number of aromatic nitrogens is 3. The third kappa shape index (κ3) is 2.34. The highest BCUT2D eigenvalue weighted by atomic mass is 19.1. The molecule has 6 heteroatoms. The Morgan fingerprint density at radius 2 is 1.95 bits per heavy atom. The number of hydrogen-bond donors (Lipinski definition) is 1. The standard InChI is InChI=1S/C15H11F2N3O/c1-8-13(7-21)20-15-12(19-8)4-5-18-14(15)10-3-2-9(16)6-11(10)17/h2-6,21H,7H2,1H3. The minimum absolute atomic E-state index is 0.143. The van der Waals surface area contributed by atoms with E-state index in [1.165, 1.54) is 12.3 Å². The number of benzene rings is 1. The van der Waals surface area contributed by atoms with Crippen molar-refractivity contribution in [2.75, 3.05) is 0 Å². The van der Waals surface area contributed by atoms with Crippen LogP contribution in [0, 0.1) is 18.6 Å². The zero-order valence-corrected chi connectivity index (χ0v) is 11.1. The van der Waals surface area contributed by atoms with Crippen molar-refractivity contribution in [3.8, 4) is 11.3 Å². The van der Waals surface area contributed by atoms with Crippen molar-refractivity contribution in [1.82, 2.24) is 15.0 Å². The predicted octanol–water partition coefficient (Wildman–Crippen LogP) is 2.77. The molecule has 0 spiro atoms. The van der Waals surface area contributed by atoms with E-state index < -0.39 is 11.6 Å². The Bertz CT molecular complexity index is 837. The highest BCUT2D eigenvalue weighted by molar-refractivity contribution is 5.89. The van der Waals surface area contributed by atoms with Crippen LogP contribution in [0.3, 0.4) is 0 Å². The predicted molar refractivity (Wildman–Crippen MR) is 73.3 cm³/mol. The van der Waals surface area contributed by atoms with E-state index in [9.17, 15) is 13.9 Å². The molecule has 0 amide bonds. The van der Waals surface area contributed by atoms with Crippen molar-refractivity contribution in [2.45, 2.75) is 13.5 Å². The zero-order valence-electron chi connectivity index (χ0n) is 11.1. The molecule has 3 rings (SSSR count). The molecule has 0 fully saturated rings. The fraction of sp³-hybridized carbons (Fsp3) is 0.133. The molecule has 2 heterocycles. The van der Waals surface area contributed by atoms with Gasteiger partial charge in [-0.2, -0.15) is 0 Å². The lowest BCUT2D eigenvalue weighted by Crippen LogP contribution is -2.01. The van der Waals surface area contributed by atoms with Crippen LogP contribution in [0.4, 0.5) is 8.78 Å². The van der Waals surface area contributed by atoms with Crippen molar-refractivity contribution < 1.29 is 13.9 Å². The molecule has 21 heavy (non-hydrogen) atoms. The van der Waals surface area contributed by atoms with Crippen LogP contribution in [0.2, 0.25) is 0 Å². The highest BCUT2D eigenvalue weighted by Crippen LogP contribution is 2.27. The molecule has 0 atom stereocenters. The fourth-order valence-electron chi connectivity index (χ4n) is 2.13. The lowest BCUT2D eigenvalue weighted by molar-refractivity contribution is 0.276. The maximum atomic E-state index is 13.9. The lowest BCUT2D eigenvalue weighted by Gasteiger charge is -2.08. The minimum Gasteiger partial charge on any atom is -0.390 e. The number of aliphatic hydroxyl groups is 1. The van der Waals surface area contributed by atoms with Gasteiger partial charge in [-0.25, -0.2) is 18.7 Å². The van der Waals surface area contributed by atoms with Crippen molar-refractivity contribution in [3.63, 3.8) is 0 Å². The number of halogens is 2. The van der Waals surface area contributed by atoms with Crippen LogP contribution in [0.1, 0.15) is 11.4 Å². The van der Waals surface area contributed by atoms with Crippen LogP contribution in [0.15, 0.2) is 30.5 Å². The molecule has 0 aliphatic heterocycles. The second kappa shape index (κ2) is 5.14. The Morgan fingerprint density at radius 3 is 2.67 bits per heavy atom. The quantitative estimate of drug-likeness (QED) is 0.787. The second-order valence-corrected chi connectivity index (χ2v) is 4.57. The molecular weight excluding hydrogens is 276 g/mol. The molecule has 1 N–H and O–H groups in total. The number of pyridine rings is 1. The normalized spacial score (nSPS) is 11.0. The average Bonchev–Trinajstić information content (AvgIpc) is 2.46. The monoisotopic (exact) mass is 287 g/mol. The van der Waals surface area contributed by atoms with Crippen molar-refractivity contribution in [1.29, 1.82) is 0 Å². The van der Waals surface area contributed by atoms with Gasteiger partial charge in [0.05, 0.1) is 23.5 Å². The Morgan fingerprint density at radius 1 is 1.14 bits per heavy atom. The van der Waals surface area contributed by atoms with Crippen LogP contribution in [-0.4, -0.2) is 20.1 Å². The fourth-order valence-corrected chi connectivity index (χ4v) is 2.13. The lowest BCUT2D eigenvalue weighted by atomic mass is 10.1. The maximum absolute atomic E-state index is 13.9.